The van der Waals surface area contributed by atoms with Gasteiger partial charge >= 0.3 is 0 Å². The van der Waals surface area contributed by atoms with Crippen molar-refractivity contribution in [3.8, 4) is 5.88 Å². The molecule has 0 radical (unpaired) electrons. The summed E-state index contributed by atoms with van der Waals surface area (Å²) in [4.78, 5) is 8.50. The standard InChI is InChI=1S/C22H18ClN3O3S/c1-15-19(23)9-4-10-20(15)30(27,28)26-21-18-8-3-2-7-17(18)13-25-22(21)29-14-16-6-5-11-24-12-16/h2-13,26H,14H2,1H3. The Morgan fingerprint density at radius 1 is 1.03 bits per heavy atom. The van der Waals surface area contributed by atoms with E-state index >= 15 is 0 Å². The predicted molar refractivity (Wildman–Crippen MR) is 117 cm³/mol. The van der Waals surface area contributed by atoms with Gasteiger partial charge in [0.25, 0.3) is 10.0 Å². The van der Waals surface area contributed by atoms with Gasteiger partial charge < -0.3 is 4.74 Å². The number of aromatic nitrogens is 2. The van der Waals surface area contributed by atoms with Gasteiger partial charge in [0.2, 0.25) is 5.88 Å². The van der Waals surface area contributed by atoms with Gasteiger partial charge in [-0.1, -0.05) is 48.0 Å². The Balaban J connectivity index is 1.77. The minimum absolute atomic E-state index is 0.0983. The van der Waals surface area contributed by atoms with Crippen LogP contribution in [0, 0.1) is 6.92 Å². The first-order chi connectivity index (χ1) is 14.5. The summed E-state index contributed by atoms with van der Waals surface area (Å²) in [5.41, 5.74) is 1.58. The topological polar surface area (TPSA) is 81.2 Å². The highest BCUT2D eigenvalue weighted by atomic mass is 35.5. The van der Waals surface area contributed by atoms with Crippen molar-refractivity contribution in [3.05, 3.63) is 89.3 Å². The first-order valence-corrected chi connectivity index (χ1v) is 11.0. The molecule has 2 aromatic heterocycles. The van der Waals surface area contributed by atoms with E-state index in [4.69, 9.17) is 16.3 Å². The molecule has 0 atom stereocenters. The van der Waals surface area contributed by atoms with Gasteiger partial charge in [0.15, 0.2) is 0 Å². The number of hydrogen-bond acceptors (Lipinski definition) is 5. The Kier molecular flexibility index (Phi) is 5.57. The van der Waals surface area contributed by atoms with E-state index in [1.54, 1.807) is 43.7 Å². The van der Waals surface area contributed by atoms with Crippen LogP contribution in [0.5, 0.6) is 5.88 Å². The molecule has 8 heteroatoms. The van der Waals surface area contributed by atoms with Gasteiger partial charge in [-0.2, -0.15) is 0 Å². The van der Waals surface area contributed by atoms with Crippen LogP contribution in [0.3, 0.4) is 0 Å². The third kappa shape index (κ3) is 4.08. The van der Waals surface area contributed by atoms with Crippen molar-refractivity contribution >= 4 is 38.1 Å². The fourth-order valence-electron chi connectivity index (χ4n) is 3.06. The highest BCUT2D eigenvalue weighted by molar-refractivity contribution is 7.92. The van der Waals surface area contributed by atoms with Crippen molar-refractivity contribution in [1.29, 1.82) is 0 Å². The predicted octanol–water partition coefficient (Wildman–Crippen LogP) is 4.97. The van der Waals surface area contributed by atoms with Gasteiger partial charge in [0, 0.05) is 39.9 Å². The van der Waals surface area contributed by atoms with Crippen LogP contribution in [0.4, 0.5) is 5.69 Å². The van der Waals surface area contributed by atoms with Gasteiger partial charge in [-0.05, 0) is 30.7 Å². The lowest BCUT2D eigenvalue weighted by Gasteiger charge is -2.16. The summed E-state index contributed by atoms with van der Waals surface area (Å²) < 4.78 is 34.9. The molecule has 0 amide bonds. The van der Waals surface area contributed by atoms with Crippen molar-refractivity contribution in [2.75, 3.05) is 4.72 Å². The Hall–Kier alpha value is -3.16. The SMILES string of the molecule is Cc1c(Cl)cccc1S(=O)(=O)Nc1c(OCc2cccnc2)ncc2ccccc12. The molecular weight excluding hydrogens is 422 g/mol. The van der Waals surface area contributed by atoms with Crippen LogP contribution < -0.4 is 9.46 Å². The number of nitrogens with zero attached hydrogens (tertiary/aromatic N) is 2. The normalized spacial score (nSPS) is 11.4. The third-order valence-electron chi connectivity index (χ3n) is 4.61. The lowest BCUT2D eigenvalue weighted by Crippen LogP contribution is -2.16. The van der Waals surface area contributed by atoms with E-state index in [9.17, 15) is 8.42 Å². The number of ether oxygens (including phenoxy) is 1. The molecule has 6 nitrogen and oxygen atoms in total. The molecule has 1 N–H and O–H groups in total. The average molecular weight is 440 g/mol. The number of fused-ring (bicyclic) bond motifs is 1. The van der Waals surface area contributed by atoms with Gasteiger partial charge in [0.05, 0.1) is 4.90 Å². The fourth-order valence-corrected chi connectivity index (χ4v) is 4.63. The maximum atomic E-state index is 13.2. The zero-order chi connectivity index (χ0) is 21.1. The molecule has 4 rings (SSSR count). The number of sulfonamides is 1. The van der Waals surface area contributed by atoms with Gasteiger partial charge in [-0.15, -0.1) is 0 Å². The van der Waals surface area contributed by atoms with Crippen LogP contribution in [0.25, 0.3) is 10.8 Å². The van der Waals surface area contributed by atoms with Crippen LogP contribution in [-0.4, -0.2) is 18.4 Å². The number of nitrogens with one attached hydrogen (secondary N) is 1. The second kappa shape index (κ2) is 8.30. The summed E-state index contributed by atoms with van der Waals surface area (Å²) >= 11 is 6.13. The van der Waals surface area contributed by atoms with E-state index < -0.39 is 10.0 Å². The van der Waals surface area contributed by atoms with Crippen molar-refractivity contribution in [2.24, 2.45) is 0 Å². The summed E-state index contributed by atoms with van der Waals surface area (Å²) in [6.07, 6.45) is 5.00. The number of halogens is 1. The molecule has 2 aromatic carbocycles. The Morgan fingerprint density at radius 2 is 1.87 bits per heavy atom. The largest absolute Gasteiger partial charge is 0.471 e. The minimum Gasteiger partial charge on any atom is -0.471 e. The molecule has 0 unspecified atom stereocenters. The molecule has 152 valence electrons. The molecular formula is C22H18ClN3O3S. The molecule has 2 heterocycles. The zero-order valence-electron chi connectivity index (χ0n) is 16.0. The van der Waals surface area contributed by atoms with Crippen LogP contribution in [-0.2, 0) is 16.6 Å². The van der Waals surface area contributed by atoms with Gasteiger partial charge in [0.1, 0.15) is 12.3 Å². The number of benzene rings is 2. The van der Waals surface area contributed by atoms with Crippen LogP contribution in [0.1, 0.15) is 11.1 Å². The highest BCUT2D eigenvalue weighted by Gasteiger charge is 2.22. The molecule has 0 bridgehead atoms. The monoisotopic (exact) mass is 439 g/mol. The van der Waals surface area contributed by atoms with E-state index in [0.29, 0.717) is 16.0 Å². The molecule has 0 saturated heterocycles. The Morgan fingerprint density at radius 3 is 2.67 bits per heavy atom. The number of rotatable bonds is 6. The van der Waals surface area contributed by atoms with E-state index in [1.165, 1.54) is 6.07 Å². The van der Waals surface area contributed by atoms with E-state index in [-0.39, 0.29) is 23.1 Å². The van der Waals surface area contributed by atoms with E-state index in [2.05, 4.69) is 14.7 Å². The number of anilines is 1. The molecule has 0 spiro atoms. The van der Waals surface area contributed by atoms with Crippen LogP contribution in [0.2, 0.25) is 5.02 Å². The van der Waals surface area contributed by atoms with Crippen LogP contribution in [0.15, 0.2) is 78.1 Å². The summed E-state index contributed by atoms with van der Waals surface area (Å²) in [5, 5.41) is 1.84. The molecule has 30 heavy (non-hydrogen) atoms. The quantitative estimate of drug-likeness (QED) is 0.458. The first-order valence-electron chi connectivity index (χ1n) is 9.13. The third-order valence-corrected chi connectivity index (χ3v) is 6.51. The maximum absolute atomic E-state index is 13.2. The summed E-state index contributed by atoms with van der Waals surface area (Å²) in [6.45, 7) is 1.86. The Labute approximate surface area is 179 Å². The van der Waals surface area contributed by atoms with Crippen molar-refractivity contribution in [2.45, 2.75) is 18.4 Å². The lowest BCUT2D eigenvalue weighted by molar-refractivity contribution is 0.296. The zero-order valence-corrected chi connectivity index (χ0v) is 17.6. The van der Waals surface area contributed by atoms with Gasteiger partial charge in [-0.3, -0.25) is 9.71 Å². The average Bonchev–Trinajstić information content (AvgIpc) is 2.75. The first kappa shape index (κ1) is 20.1. The maximum Gasteiger partial charge on any atom is 0.262 e. The van der Waals surface area contributed by atoms with E-state index in [1.807, 2.05) is 30.3 Å². The second-order valence-electron chi connectivity index (χ2n) is 6.64. The molecule has 4 aromatic rings. The second-order valence-corrected chi connectivity index (χ2v) is 8.70. The summed E-state index contributed by atoms with van der Waals surface area (Å²) in [6, 6.07) is 15.8. The lowest BCUT2D eigenvalue weighted by atomic mass is 10.1. The Bertz CT molecular complexity index is 1310. The van der Waals surface area contributed by atoms with Crippen molar-refractivity contribution in [3.63, 3.8) is 0 Å². The smallest absolute Gasteiger partial charge is 0.262 e. The summed E-state index contributed by atoms with van der Waals surface area (Å²) in [5.74, 6) is 0.181. The fraction of sp³-hybridized carbons (Fsp3) is 0.0909. The molecule has 0 saturated carbocycles. The van der Waals surface area contributed by atoms with Crippen molar-refractivity contribution < 1.29 is 13.2 Å². The number of pyridine rings is 2. The molecule has 0 aliphatic rings. The summed E-state index contributed by atoms with van der Waals surface area (Å²) in [7, 11) is -3.93. The van der Waals surface area contributed by atoms with Gasteiger partial charge in [-0.25, -0.2) is 13.4 Å². The highest BCUT2D eigenvalue weighted by Crippen LogP contribution is 2.34. The number of hydrogen-bond donors (Lipinski definition) is 1. The van der Waals surface area contributed by atoms with Crippen LogP contribution >= 0.6 is 11.6 Å². The molecule has 0 aliphatic heterocycles. The minimum atomic E-state index is -3.93. The van der Waals surface area contributed by atoms with Crippen molar-refractivity contribution in [1.82, 2.24) is 9.97 Å². The van der Waals surface area contributed by atoms with E-state index in [0.717, 1.165) is 10.9 Å². The molecule has 0 aliphatic carbocycles. The molecule has 0 fully saturated rings.